The van der Waals surface area contributed by atoms with Crippen molar-refractivity contribution in [3.8, 4) is 5.69 Å². The summed E-state index contributed by atoms with van der Waals surface area (Å²) in [5.41, 5.74) is 0.302. The van der Waals surface area contributed by atoms with E-state index in [2.05, 4.69) is 10.4 Å². The van der Waals surface area contributed by atoms with E-state index >= 15 is 0 Å². The molecular formula is C25H20F2N4O3. The Bertz CT molecular complexity index is 1460. The largest absolute Gasteiger partial charge is 0.352 e. The minimum absolute atomic E-state index is 0.0216. The van der Waals surface area contributed by atoms with Gasteiger partial charge in [0.25, 0.3) is 11.5 Å². The molecule has 0 aliphatic rings. The molecule has 0 atom stereocenters. The first kappa shape index (κ1) is 22.8. The fraction of sp³-hybridized carbons (Fsp3) is 0.120. The minimum Gasteiger partial charge on any atom is -0.346 e. The highest BCUT2D eigenvalue weighted by Gasteiger charge is 2.20. The SMILES string of the molecule is Cc1cccc(Cn2c(=O)c(C(=O)NCc3ccc(F)cc3)nn(-c3ccc(F)cc3)c2=O)c1. The van der Waals surface area contributed by atoms with E-state index < -0.39 is 34.5 Å². The highest BCUT2D eigenvalue weighted by atomic mass is 19.1. The topological polar surface area (TPSA) is 86.0 Å². The van der Waals surface area contributed by atoms with Crippen LogP contribution in [0.3, 0.4) is 0 Å². The van der Waals surface area contributed by atoms with Crippen molar-refractivity contribution in [3.63, 3.8) is 0 Å². The molecule has 0 unspecified atom stereocenters. The van der Waals surface area contributed by atoms with Crippen molar-refractivity contribution in [1.29, 1.82) is 0 Å². The van der Waals surface area contributed by atoms with Gasteiger partial charge in [0.15, 0.2) is 0 Å². The summed E-state index contributed by atoms with van der Waals surface area (Å²) in [6, 6.07) is 17.7. The molecule has 1 aromatic heterocycles. The Morgan fingerprint density at radius 1 is 0.912 bits per heavy atom. The normalized spacial score (nSPS) is 10.8. The van der Waals surface area contributed by atoms with Gasteiger partial charge < -0.3 is 5.32 Å². The van der Waals surface area contributed by atoms with Crippen LogP contribution in [0.4, 0.5) is 8.78 Å². The average Bonchev–Trinajstić information content (AvgIpc) is 2.82. The standard InChI is InChI=1S/C25H20F2N4O3/c1-16-3-2-4-18(13-16)15-30-24(33)22(23(32)28-14-17-5-7-19(26)8-6-17)29-31(25(30)34)21-11-9-20(27)10-12-21/h2-13H,14-15H2,1H3,(H,28,32). The first-order valence-corrected chi connectivity index (χ1v) is 10.4. The third-order valence-electron chi connectivity index (χ3n) is 5.14. The summed E-state index contributed by atoms with van der Waals surface area (Å²) in [4.78, 5) is 39.2. The molecule has 0 radical (unpaired) electrons. The summed E-state index contributed by atoms with van der Waals surface area (Å²) in [5, 5.41) is 6.56. The maximum absolute atomic E-state index is 13.4. The van der Waals surface area contributed by atoms with E-state index in [4.69, 9.17) is 0 Å². The zero-order chi connectivity index (χ0) is 24.2. The van der Waals surface area contributed by atoms with Gasteiger partial charge in [-0.3, -0.25) is 14.2 Å². The molecule has 4 aromatic rings. The molecule has 1 N–H and O–H groups in total. The molecule has 34 heavy (non-hydrogen) atoms. The molecule has 7 nitrogen and oxygen atoms in total. The van der Waals surface area contributed by atoms with Gasteiger partial charge in [-0.15, -0.1) is 0 Å². The van der Waals surface area contributed by atoms with Crippen molar-refractivity contribution in [2.24, 2.45) is 0 Å². The Labute approximate surface area is 192 Å². The zero-order valence-electron chi connectivity index (χ0n) is 18.2. The first-order valence-electron chi connectivity index (χ1n) is 10.4. The molecule has 0 aliphatic heterocycles. The first-order chi connectivity index (χ1) is 16.3. The van der Waals surface area contributed by atoms with Gasteiger partial charge in [-0.05, 0) is 54.4 Å². The number of benzene rings is 3. The second kappa shape index (κ2) is 9.62. The van der Waals surface area contributed by atoms with Crippen molar-refractivity contribution in [2.45, 2.75) is 20.0 Å². The second-order valence-corrected chi connectivity index (χ2v) is 7.71. The third-order valence-corrected chi connectivity index (χ3v) is 5.14. The molecule has 0 saturated carbocycles. The van der Waals surface area contributed by atoms with Crippen LogP contribution < -0.4 is 16.6 Å². The number of rotatable bonds is 6. The van der Waals surface area contributed by atoms with Gasteiger partial charge >= 0.3 is 5.69 Å². The van der Waals surface area contributed by atoms with E-state index in [-0.39, 0.29) is 18.8 Å². The monoisotopic (exact) mass is 462 g/mol. The Hall–Kier alpha value is -4.40. The van der Waals surface area contributed by atoms with Gasteiger partial charge in [-0.2, -0.15) is 9.78 Å². The molecule has 0 bridgehead atoms. The summed E-state index contributed by atoms with van der Waals surface area (Å²) < 4.78 is 28.3. The van der Waals surface area contributed by atoms with Gasteiger partial charge in [0, 0.05) is 6.54 Å². The predicted molar refractivity (Wildman–Crippen MR) is 122 cm³/mol. The third kappa shape index (κ3) is 4.98. The van der Waals surface area contributed by atoms with Crippen LogP contribution in [0.5, 0.6) is 0 Å². The number of amides is 1. The highest BCUT2D eigenvalue weighted by Crippen LogP contribution is 2.08. The average molecular weight is 462 g/mol. The number of hydrogen-bond acceptors (Lipinski definition) is 4. The van der Waals surface area contributed by atoms with E-state index in [9.17, 15) is 23.2 Å². The van der Waals surface area contributed by atoms with Crippen LogP contribution in [0.1, 0.15) is 27.2 Å². The molecule has 4 rings (SSSR count). The molecule has 0 saturated heterocycles. The van der Waals surface area contributed by atoms with Gasteiger partial charge in [-0.1, -0.05) is 42.0 Å². The van der Waals surface area contributed by atoms with Crippen LogP contribution in [0.2, 0.25) is 0 Å². The van der Waals surface area contributed by atoms with E-state index in [0.29, 0.717) is 11.1 Å². The lowest BCUT2D eigenvalue weighted by Crippen LogP contribution is -2.46. The second-order valence-electron chi connectivity index (χ2n) is 7.71. The Morgan fingerprint density at radius 3 is 2.21 bits per heavy atom. The number of nitrogens with zero attached hydrogens (tertiary/aromatic N) is 3. The Balaban J connectivity index is 1.76. The van der Waals surface area contributed by atoms with Crippen molar-refractivity contribution >= 4 is 5.91 Å². The fourth-order valence-corrected chi connectivity index (χ4v) is 3.41. The lowest BCUT2D eigenvalue weighted by atomic mass is 10.1. The summed E-state index contributed by atoms with van der Waals surface area (Å²) in [6.45, 7) is 1.82. The number of carbonyl (C=O) groups is 1. The maximum atomic E-state index is 13.4. The lowest BCUT2D eigenvalue weighted by Gasteiger charge is -2.13. The summed E-state index contributed by atoms with van der Waals surface area (Å²) in [5.74, 6) is -1.73. The molecule has 0 aliphatic carbocycles. The number of hydrogen-bond donors (Lipinski definition) is 1. The van der Waals surface area contributed by atoms with E-state index in [1.54, 1.807) is 12.1 Å². The number of halogens is 2. The van der Waals surface area contributed by atoms with Crippen LogP contribution >= 0.6 is 0 Å². The zero-order valence-corrected chi connectivity index (χ0v) is 18.2. The van der Waals surface area contributed by atoms with Crippen molar-refractivity contribution in [1.82, 2.24) is 19.7 Å². The quantitative estimate of drug-likeness (QED) is 0.478. The maximum Gasteiger partial charge on any atom is 0.352 e. The van der Waals surface area contributed by atoms with Crippen molar-refractivity contribution in [2.75, 3.05) is 0 Å². The van der Waals surface area contributed by atoms with Gasteiger partial charge in [0.05, 0.1) is 12.2 Å². The van der Waals surface area contributed by atoms with Gasteiger partial charge in [0.1, 0.15) is 11.6 Å². The van der Waals surface area contributed by atoms with Crippen LogP contribution in [0.25, 0.3) is 5.69 Å². The number of carbonyl (C=O) groups excluding carboxylic acids is 1. The molecule has 1 amide bonds. The highest BCUT2D eigenvalue weighted by molar-refractivity contribution is 5.91. The molecule has 9 heteroatoms. The fourth-order valence-electron chi connectivity index (χ4n) is 3.41. The minimum atomic E-state index is -0.860. The smallest absolute Gasteiger partial charge is 0.346 e. The van der Waals surface area contributed by atoms with E-state index in [1.807, 2.05) is 19.1 Å². The number of aromatic nitrogens is 3. The van der Waals surface area contributed by atoms with Gasteiger partial charge in [0.2, 0.25) is 5.69 Å². The molecule has 0 spiro atoms. The van der Waals surface area contributed by atoms with Crippen LogP contribution in [0.15, 0.2) is 82.4 Å². The summed E-state index contributed by atoms with van der Waals surface area (Å²) in [6.07, 6.45) is 0. The van der Waals surface area contributed by atoms with Gasteiger partial charge in [-0.25, -0.2) is 13.6 Å². The van der Waals surface area contributed by atoms with E-state index in [1.165, 1.54) is 36.4 Å². The molecular weight excluding hydrogens is 442 g/mol. The number of aryl methyl sites for hydroxylation is 1. The Kier molecular flexibility index (Phi) is 6.44. The summed E-state index contributed by atoms with van der Waals surface area (Å²) >= 11 is 0. The van der Waals surface area contributed by atoms with Crippen LogP contribution in [0, 0.1) is 18.6 Å². The van der Waals surface area contributed by atoms with Crippen LogP contribution in [-0.2, 0) is 13.1 Å². The lowest BCUT2D eigenvalue weighted by molar-refractivity contribution is 0.0941. The van der Waals surface area contributed by atoms with Crippen LogP contribution in [-0.4, -0.2) is 20.3 Å². The summed E-state index contributed by atoms with van der Waals surface area (Å²) in [7, 11) is 0. The molecule has 172 valence electrons. The van der Waals surface area contributed by atoms with Crippen molar-refractivity contribution < 1.29 is 13.6 Å². The molecule has 0 fully saturated rings. The predicted octanol–water partition coefficient (Wildman–Crippen LogP) is 2.96. The molecule has 3 aromatic carbocycles. The Morgan fingerprint density at radius 2 is 1.56 bits per heavy atom. The molecule has 1 heterocycles. The number of nitrogens with one attached hydrogen (secondary N) is 1. The van der Waals surface area contributed by atoms with E-state index in [0.717, 1.165) is 26.9 Å². The van der Waals surface area contributed by atoms with Crippen molar-refractivity contribution in [3.05, 3.63) is 128 Å².